The Morgan fingerprint density at radius 2 is 2.20 bits per heavy atom. The van der Waals surface area contributed by atoms with E-state index >= 15 is 0 Å². The monoisotopic (exact) mass is 463 g/mol. The van der Waals surface area contributed by atoms with E-state index in [1.165, 1.54) is 7.11 Å². The second-order valence-electron chi connectivity index (χ2n) is 6.36. The molecule has 2 unspecified atom stereocenters. The second kappa shape index (κ2) is 10.6. The lowest BCUT2D eigenvalue weighted by atomic mass is 9.99. The first-order valence-corrected chi connectivity index (χ1v) is 8.58. The zero-order valence-electron chi connectivity index (χ0n) is 15.6. The molecule has 1 fully saturated rings. The third-order valence-corrected chi connectivity index (χ3v) is 4.66. The van der Waals surface area contributed by atoms with Gasteiger partial charge in [-0.2, -0.15) is 0 Å². The second-order valence-corrected chi connectivity index (χ2v) is 6.36. The van der Waals surface area contributed by atoms with Crippen molar-refractivity contribution in [1.82, 2.24) is 19.8 Å². The number of methoxy groups -OCH3 is 1. The van der Waals surface area contributed by atoms with Crippen LogP contribution in [0.4, 0.5) is 0 Å². The van der Waals surface area contributed by atoms with Gasteiger partial charge in [0.2, 0.25) is 0 Å². The Hall–Kier alpha value is -1.32. The Bertz CT molecular complexity index is 575. The smallest absolute Gasteiger partial charge is 0.310 e. The molecule has 1 aliphatic heterocycles. The Kier molecular flexibility index (Phi) is 9.23. The number of ether oxygens (including phenoxy) is 1. The number of carbonyl (C=O) groups is 1. The van der Waals surface area contributed by atoms with E-state index < -0.39 is 0 Å². The number of guanidine groups is 1. The molecule has 142 valence electrons. The number of nitrogens with zero attached hydrogens (tertiary/aromatic N) is 4. The van der Waals surface area contributed by atoms with Gasteiger partial charge < -0.3 is 19.5 Å². The van der Waals surface area contributed by atoms with Crippen LogP contribution in [0.25, 0.3) is 0 Å². The Labute approximate surface area is 167 Å². The lowest BCUT2D eigenvalue weighted by molar-refractivity contribution is -0.145. The number of nitrogens with one attached hydrogen (secondary N) is 1. The highest BCUT2D eigenvalue weighted by Crippen LogP contribution is 2.24. The molecule has 0 bridgehead atoms. The number of rotatable bonds is 6. The van der Waals surface area contributed by atoms with E-state index in [1.807, 2.05) is 19.3 Å². The van der Waals surface area contributed by atoms with E-state index in [2.05, 4.69) is 31.7 Å². The Balaban J connectivity index is 0.00000312. The first-order valence-electron chi connectivity index (χ1n) is 8.58. The van der Waals surface area contributed by atoms with Crippen LogP contribution in [-0.4, -0.2) is 60.2 Å². The fourth-order valence-corrected chi connectivity index (χ4v) is 3.18. The molecule has 8 heteroatoms. The van der Waals surface area contributed by atoms with Gasteiger partial charge in [0.15, 0.2) is 5.96 Å². The fourth-order valence-electron chi connectivity index (χ4n) is 3.18. The number of aliphatic imine (C=N–C) groups is 1. The van der Waals surface area contributed by atoms with Crippen molar-refractivity contribution in [3.05, 3.63) is 18.2 Å². The van der Waals surface area contributed by atoms with Gasteiger partial charge in [-0.15, -0.1) is 24.0 Å². The molecule has 1 N–H and O–H groups in total. The summed E-state index contributed by atoms with van der Waals surface area (Å²) in [4.78, 5) is 22.5. The van der Waals surface area contributed by atoms with Crippen molar-refractivity contribution in [1.29, 1.82) is 0 Å². The summed E-state index contributed by atoms with van der Waals surface area (Å²) in [6.07, 6.45) is 5.99. The van der Waals surface area contributed by atoms with E-state index in [4.69, 9.17) is 4.74 Å². The summed E-state index contributed by atoms with van der Waals surface area (Å²) in [6, 6.07) is 0. The summed E-state index contributed by atoms with van der Waals surface area (Å²) in [5.74, 6) is 2.00. The van der Waals surface area contributed by atoms with Crippen LogP contribution in [-0.2, 0) is 16.1 Å². The number of carbonyl (C=O) groups excluding carboxylic acids is 1. The topological polar surface area (TPSA) is 71.8 Å². The molecule has 1 saturated heterocycles. The molecule has 1 aromatic heterocycles. The van der Waals surface area contributed by atoms with Crippen LogP contribution in [0.2, 0.25) is 0 Å². The fraction of sp³-hybridized carbons (Fsp3) is 0.706. The van der Waals surface area contributed by atoms with Crippen LogP contribution in [0, 0.1) is 18.8 Å². The number of halogens is 1. The minimum Gasteiger partial charge on any atom is -0.469 e. The van der Waals surface area contributed by atoms with Crippen molar-refractivity contribution in [3.8, 4) is 0 Å². The summed E-state index contributed by atoms with van der Waals surface area (Å²) in [6.45, 7) is 7.45. The molecular weight excluding hydrogens is 433 g/mol. The zero-order valence-corrected chi connectivity index (χ0v) is 17.9. The van der Waals surface area contributed by atoms with E-state index in [9.17, 15) is 4.79 Å². The third-order valence-electron chi connectivity index (χ3n) is 4.66. The van der Waals surface area contributed by atoms with Crippen LogP contribution in [0.15, 0.2) is 17.4 Å². The number of likely N-dealkylation sites (tertiary alicyclic amines) is 1. The molecule has 7 nitrogen and oxygen atoms in total. The predicted molar refractivity (Wildman–Crippen MR) is 109 cm³/mol. The third kappa shape index (κ3) is 5.86. The molecule has 0 amide bonds. The average Bonchev–Trinajstić information content (AvgIpc) is 3.16. The van der Waals surface area contributed by atoms with E-state index in [0.29, 0.717) is 6.54 Å². The van der Waals surface area contributed by atoms with E-state index in [1.54, 1.807) is 7.05 Å². The molecule has 2 atom stereocenters. The van der Waals surface area contributed by atoms with Gasteiger partial charge >= 0.3 is 5.97 Å². The van der Waals surface area contributed by atoms with Gasteiger partial charge in [0.05, 0.1) is 13.0 Å². The molecular formula is C17H30IN5O2. The van der Waals surface area contributed by atoms with Crippen molar-refractivity contribution in [2.45, 2.75) is 33.2 Å². The normalized spacial score (nSPS) is 20.3. The van der Waals surface area contributed by atoms with Crippen molar-refractivity contribution < 1.29 is 9.53 Å². The van der Waals surface area contributed by atoms with Gasteiger partial charge in [-0.1, -0.05) is 6.92 Å². The highest BCUT2D eigenvalue weighted by Gasteiger charge is 2.36. The molecule has 0 spiro atoms. The van der Waals surface area contributed by atoms with Crippen molar-refractivity contribution >= 4 is 35.9 Å². The summed E-state index contributed by atoms with van der Waals surface area (Å²) >= 11 is 0. The number of aromatic nitrogens is 2. The molecule has 1 aliphatic rings. The molecule has 0 radical (unpaired) electrons. The van der Waals surface area contributed by atoms with E-state index in [-0.39, 0.29) is 41.8 Å². The summed E-state index contributed by atoms with van der Waals surface area (Å²) < 4.78 is 7.06. The molecule has 2 heterocycles. The van der Waals surface area contributed by atoms with Crippen LogP contribution in [0.5, 0.6) is 0 Å². The van der Waals surface area contributed by atoms with Crippen LogP contribution in [0.3, 0.4) is 0 Å². The summed E-state index contributed by atoms with van der Waals surface area (Å²) in [5.41, 5.74) is 0. The van der Waals surface area contributed by atoms with Gasteiger partial charge in [-0.25, -0.2) is 4.98 Å². The minimum atomic E-state index is -0.129. The Morgan fingerprint density at radius 3 is 2.80 bits per heavy atom. The highest BCUT2D eigenvalue weighted by molar-refractivity contribution is 14.0. The predicted octanol–water partition coefficient (Wildman–Crippen LogP) is 1.91. The Morgan fingerprint density at radius 1 is 1.44 bits per heavy atom. The zero-order chi connectivity index (χ0) is 17.5. The van der Waals surface area contributed by atoms with Gasteiger partial charge in [0.25, 0.3) is 0 Å². The maximum atomic E-state index is 11.8. The molecule has 0 aliphatic carbocycles. The largest absolute Gasteiger partial charge is 0.469 e. The molecule has 2 rings (SSSR count). The number of hydrogen-bond acceptors (Lipinski definition) is 4. The maximum absolute atomic E-state index is 11.8. The van der Waals surface area contributed by atoms with Gasteiger partial charge in [-0.05, 0) is 25.7 Å². The first kappa shape index (κ1) is 21.7. The number of hydrogen-bond donors (Lipinski definition) is 1. The number of imidazole rings is 1. The van der Waals surface area contributed by atoms with Gasteiger partial charge in [0, 0.05) is 45.6 Å². The molecule has 0 saturated carbocycles. The quantitative estimate of drug-likeness (QED) is 0.230. The number of esters is 1. The summed E-state index contributed by atoms with van der Waals surface area (Å²) in [7, 11) is 3.24. The van der Waals surface area contributed by atoms with Crippen LogP contribution in [0.1, 0.15) is 25.6 Å². The first-order chi connectivity index (χ1) is 11.6. The van der Waals surface area contributed by atoms with Crippen molar-refractivity contribution in [3.63, 3.8) is 0 Å². The standard InChI is InChI=1S/C17H29N5O2.HI/c1-13-11-22(12-15(13)16(23)24-4)17(18-3)20-7-5-6-9-21-10-8-19-14(21)2;/h8,10,13,15H,5-7,9,11-12H2,1-4H3,(H,18,20);1H. The van der Waals surface area contributed by atoms with Gasteiger partial charge in [-0.3, -0.25) is 9.79 Å². The van der Waals surface area contributed by atoms with E-state index in [0.717, 1.165) is 44.3 Å². The molecule has 25 heavy (non-hydrogen) atoms. The molecule has 0 aromatic carbocycles. The van der Waals surface area contributed by atoms with Crippen molar-refractivity contribution in [2.24, 2.45) is 16.8 Å². The molecule has 1 aromatic rings. The average molecular weight is 463 g/mol. The van der Waals surface area contributed by atoms with Gasteiger partial charge in [0.1, 0.15) is 5.82 Å². The van der Waals surface area contributed by atoms with Crippen molar-refractivity contribution in [2.75, 3.05) is 33.8 Å². The van der Waals surface area contributed by atoms with Crippen LogP contribution >= 0.6 is 24.0 Å². The number of aryl methyl sites for hydroxylation is 2. The minimum absolute atomic E-state index is 0. The lowest BCUT2D eigenvalue weighted by Crippen LogP contribution is -2.41. The van der Waals surface area contributed by atoms with Crippen LogP contribution < -0.4 is 5.32 Å². The number of unbranched alkanes of at least 4 members (excludes halogenated alkanes) is 1. The lowest BCUT2D eigenvalue weighted by Gasteiger charge is -2.21. The summed E-state index contributed by atoms with van der Waals surface area (Å²) in [5, 5.41) is 3.40. The maximum Gasteiger partial charge on any atom is 0.310 e. The highest BCUT2D eigenvalue weighted by atomic mass is 127. The SMILES string of the molecule is CN=C(NCCCCn1ccnc1C)N1CC(C)C(C(=O)OC)C1.I.